The molecule has 0 spiro atoms. The molecule has 3 aromatic heterocycles. The standard InChI is InChI=1S/C40H43N9O5S/c1-26-9-11-28(12-10-26)49-37(22-34(47-49)40(2,3)4)46-39(51)44-31-13-14-33(30-8-6-5-7-29(30)31)54-25-27-15-16-41-35(21-27)45-36-24-42-32(23-43-36)38(50)48-17-19-55(52,53)20-18-48/h5-16,21-24,52-53H,17-20,25H2,1-4H3,(H,41,43,45)(H2,44,46,51). The van der Waals surface area contributed by atoms with Crippen LogP contribution in [0.2, 0.25) is 0 Å². The van der Waals surface area contributed by atoms with Gasteiger partial charge in [0.05, 0.1) is 41.0 Å². The minimum absolute atomic E-state index is 0.164. The van der Waals surface area contributed by atoms with Crippen molar-refractivity contribution in [1.82, 2.24) is 29.6 Å². The maximum absolute atomic E-state index is 13.5. The summed E-state index contributed by atoms with van der Waals surface area (Å²) in [5, 5.41) is 15.6. The smallest absolute Gasteiger partial charge is 0.324 e. The van der Waals surface area contributed by atoms with Gasteiger partial charge < -0.3 is 20.3 Å². The first-order chi connectivity index (χ1) is 26.3. The summed E-state index contributed by atoms with van der Waals surface area (Å²) in [5.74, 6) is 2.15. The first kappa shape index (κ1) is 37.3. The van der Waals surface area contributed by atoms with E-state index in [9.17, 15) is 18.7 Å². The van der Waals surface area contributed by atoms with E-state index in [1.54, 1.807) is 15.8 Å². The number of carbonyl (C=O) groups excluding carboxylic acids is 2. The van der Waals surface area contributed by atoms with E-state index in [0.717, 1.165) is 33.3 Å². The Balaban J connectivity index is 1.00. The first-order valence-corrected chi connectivity index (χ1v) is 19.7. The Hall–Kier alpha value is -6.03. The normalized spacial score (nSPS) is 14.6. The number of hydrogen-bond acceptors (Lipinski definition) is 10. The second-order valence-electron chi connectivity index (χ2n) is 14.4. The highest BCUT2D eigenvalue weighted by Crippen LogP contribution is 2.40. The van der Waals surface area contributed by atoms with Crippen LogP contribution in [-0.2, 0) is 12.0 Å². The van der Waals surface area contributed by atoms with Gasteiger partial charge in [-0.1, -0.05) is 62.7 Å². The number of anilines is 4. The second kappa shape index (κ2) is 15.4. The van der Waals surface area contributed by atoms with E-state index < -0.39 is 16.6 Å². The third-order valence-electron chi connectivity index (χ3n) is 9.14. The maximum atomic E-state index is 13.5. The lowest BCUT2D eigenvalue weighted by atomic mass is 9.92. The minimum atomic E-state index is -2.61. The summed E-state index contributed by atoms with van der Waals surface area (Å²) in [5.41, 5.74) is 4.25. The maximum Gasteiger partial charge on any atom is 0.324 e. The number of nitrogens with zero attached hydrogens (tertiary/aromatic N) is 6. The monoisotopic (exact) mass is 761 g/mol. The van der Waals surface area contributed by atoms with Gasteiger partial charge in [-0.15, -0.1) is 0 Å². The second-order valence-corrected chi connectivity index (χ2v) is 16.8. The highest BCUT2D eigenvalue weighted by atomic mass is 32.3. The molecule has 6 aromatic rings. The summed E-state index contributed by atoms with van der Waals surface area (Å²) >= 11 is 0. The average molecular weight is 762 g/mol. The molecule has 0 saturated carbocycles. The predicted octanol–water partition coefficient (Wildman–Crippen LogP) is 7.99. The van der Waals surface area contributed by atoms with Gasteiger partial charge in [0.2, 0.25) is 0 Å². The van der Waals surface area contributed by atoms with Crippen LogP contribution in [0.3, 0.4) is 0 Å². The molecule has 1 saturated heterocycles. The molecule has 0 aliphatic carbocycles. The van der Waals surface area contributed by atoms with Gasteiger partial charge in [0, 0.05) is 41.5 Å². The van der Waals surface area contributed by atoms with Crippen molar-refractivity contribution in [2.45, 2.75) is 39.7 Å². The molecule has 1 fully saturated rings. The van der Waals surface area contributed by atoms with Crippen molar-refractivity contribution in [2.75, 3.05) is 40.5 Å². The number of pyridine rings is 1. The fourth-order valence-corrected chi connectivity index (χ4v) is 7.24. The van der Waals surface area contributed by atoms with Crippen LogP contribution in [0.25, 0.3) is 16.5 Å². The number of aryl methyl sites for hydroxylation is 1. The van der Waals surface area contributed by atoms with Crippen LogP contribution in [-0.4, -0.2) is 75.3 Å². The minimum Gasteiger partial charge on any atom is -0.488 e. The van der Waals surface area contributed by atoms with Crippen LogP contribution in [0.1, 0.15) is 48.1 Å². The van der Waals surface area contributed by atoms with Crippen LogP contribution in [0.15, 0.2) is 97.5 Å². The molecule has 14 nitrogen and oxygen atoms in total. The third-order valence-corrected chi connectivity index (χ3v) is 10.8. The summed E-state index contributed by atoms with van der Waals surface area (Å²) in [7, 11) is -2.61. The Bertz CT molecular complexity index is 2330. The van der Waals surface area contributed by atoms with Crippen LogP contribution < -0.4 is 20.7 Å². The predicted molar refractivity (Wildman–Crippen MR) is 216 cm³/mol. The van der Waals surface area contributed by atoms with Gasteiger partial charge in [-0.2, -0.15) is 15.7 Å². The number of nitrogens with one attached hydrogen (secondary N) is 3. The van der Waals surface area contributed by atoms with Crippen molar-refractivity contribution in [1.29, 1.82) is 0 Å². The molecule has 0 atom stereocenters. The van der Waals surface area contributed by atoms with E-state index >= 15 is 0 Å². The van der Waals surface area contributed by atoms with E-state index in [1.165, 1.54) is 12.4 Å². The van der Waals surface area contributed by atoms with Gasteiger partial charge in [-0.25, -0.2) is 24.4 Å². The van der Waals surface area contributed by atoms with Crippen molar-refractivity contribution in [3.8, 4) is 11.4 Å². The van der Waals surface area contributed by atoms with Gasteiger partial charge in [0.15, 0.2) is 0 Å². The zero-order valence-corrected chi connectivity index (χ0v) is 31.8. The number of ether oxygens (including phenoxy) is 1. The number of amides is 3. The molecule has 4 heterocycles. The summed E-state index contributed by atoms with van der Waals surface area (Å²) in [6, 6.07) is 24.5. The van der Waals surface area contributed by atoms with Crippen molar-refractivity contribution >= 4 is 56.4 Å². The molecule has 3 aromatic carbocycles. The van der Waals surface area contributed by atoms with E-state index in [-0.39, 0.29) is 48.2 Å². The zero-order valence-electron chi connectivity index (χ0n) is 31.0. The molecule has 15 heteroatoms. The third kappa shape index (κ3) is 8.86. The number of carbonyl (C=O) groups is 2. The van der Waals surface area contributed by atoms with Crippen molar-refractivity contribution in [2.24, 2.45) is 0 Å². The highest BCUT2D eigenvalue weighted by molar-refractivity contribution is 8.24. The van der Waals surface area contributed by atoms with E-state index in [2.05, 4.69) is 51.7 Å². The number of urea groups is 1. The summed E-state index contributed by atoms with van der Waals surface area (Å²) < 4.78 is 27.7. The largest absolute Gasteiger partial charge is 0.488 e. The molecular weight excluding hydrogens is 719 g/mol. The number of aromatic nitrogens is 5. The van der Waals surface area contributed by atoms with Crippen LogP contribution >= 0.6 is 10.6 Å². The van der Waals surface area contributed by atoms with Gasteiger partial charge in [0.25, 0.3) is 5.91 Å². The van der Waals surface area contributed by atoms with E-state index in [0.29, 0.717) is 28.9 Å². The lowest BCUT2D eigenvalue weighted by Crippen LogP contribution is -2.42. The van der Waals surface area contributed by atoms with Crippen LogP contribution in [0.5, 0.6) is 5.75 Å². The number of fused-ring (bicyclic) bond motifs is 1. The average Bonchev–Trinajstić information content (AvgIpc) is 3.59. The fraction of sp³-hybridized carbons (Fsp3) is 0.250. The number of rotatable bonds is 9. The van der Waals surface area contributed by atoms with Crippen molar-refractivity contribution < 1.29 is 23.4 Å². The number of hydrogen-bond donors (Lipinski definition) is 5. The van der Waals surface area contributed by atoms with Crippen LogP contribution in [0, 0.1) is 6.92 Å². The Morgan fingerprint density at radius 3 is 2.31 bits per heavy atom. The molecule has 5 N–H and O–H groups in total. The van der Waals surface area contributed by atoms with E-state index in [4.69, 9.17) is 9.84 Å². The van der Waals surface area contributed by atoms with Gasteiger partial charge in [-0.05, 0) is 48.9 Å². The molecule has 1 aliphatic rings. The van der Waals surface area contributed by atoms with Crippen molar-refractivity contribution in [3.63, 3.8) is 0 Å². The lowest BCUT2D eigenvalue weighted by Gasteiger charge is -2.40. The zero-order chi connectivity index (χ0) is 38.7. The molecule has 284 valence electrons. The SMILES string of the molecule is Cc1ccc(-n2nc(C(C)(C)C)cc2NC(=O)Nc2ccc(OCc3ccnc(Nc4cnc(C(=O)N5CCS(O)(O)CC5)cn4)c3)c3ccccc23)cc1. The fourth-order valence-electron chi connectivity index (χ4n) is 6.02. The van der Waals surface area contributed by atoms with E-state index in [1.807, 2.05) is 85.8 Å². The topological polar surface area (TPSA) is 180 Å². The van der Waals surface area contributed by atoms with Gasteiger partial charge >= 0.3 is 6.03 Å². The molecule has 0 unspecified atom stereocenters. The lowest BCUT2D eigenvalue weighted by molar-refractivity contribution is 0.0761. The summed E-state index contributed by atoms with van der Waals surface area (Å²) in [4.78, 5) is 40.8. The Morgan fingerprint density at radius 1 is 0.855 bits per heavy atom. The van der Waals surface area contributed by atoms with Crippen LogP contribution in [0.4, 0.5) is 27.9 Å². The molecule has 0 radical (unpaired) electrons. The Kier molecular flexibility index (Phi) is 10.4. The first-order valence-electron chi connectivity index (χ1n) is 17.8. The molecule has 7 rings (SSSR count). The molecule has 3 amide bonds. The Morgan fingerprint density at radius 2 is 1.60 bits per heavy atom. The number of benzene rings is 3. The molecule has 1 aliphatic heterocycles. The Labute approximate surface area is 320 Å². The molecular formula is C40H43N9O5S. The van der Waals surface area contributed by atoms with Gasteiger partial charge in [-0.3, -0.25) is 19.2 Å². The molecule has 55 heavy (non-hydrogen) atoms. The summed E-state index contributed by atoms with van der Waals surface area (Å²) in [6.07, 6.45) is 4.51. The van der Waals surface area contributed by atoms with Crippen molar-refractivity contribution in [3.05, 3.63) is 120 Å². The summed E-state index contributed by atoms with van der Waals surface area (Å²) in [6.45, 7) is 9.04. The van der Waals surface area contributed by atoms with Gasteiger partial charge in [0.1, 0.15) is 35.5 Å². The highest BCUT2D eigenvalue weighted by Gasteiger charge is 2.27. The quantitative estimate of drug-likeness (QED) is 0.0970. The molecule has 0 bridgehead atoms.